The van der Waals surface area contributed by atoms with Crippen molar-refractivity contribution in [2.75, 3.05) is 20.8 Å². The summed E-state index contributed by atoms with van der Waals surface area (Å²) in [7, 11) is 3.13. The Morgan fingerprint density at radius 2 is 1.90 bits per heavy atom. The van der Waals surface area contributed by atoms with Crippen LogP contribution in [0.1, 0.15) is 24.1 Å². The number of carbonyl (C=O) groups is 2. The van der Waals surface area contributed by atoms with Crippen molar-refractivity contribution < 1.29 is 23.8 Å². The molecule has 0 aliphatic heterocycles. The largest absolute Gasteiger partial charge is 0.497 e. The van der Waals surface area contributed by atoms with Crippen LogP contribution in [0, 0.1) is 0 Å². The van der Waals surface area contributed by atoms with Gasteiger partial charge in [0, 0.05) is 22.7 Å². The number of methoxy groups -OCH3 is 2. The quantitative estimate of drug-likeness (QED) is 0.571. The van der Waals surface area contributed by atoms with E-state index in [1.807, 2.05) is 31.2 Å². The molecule has 1 atom stereocenters. The van der Waals surface area contributed by atoms with E-state index in [4.69, 9.17) is 14.2 Å². The summed E-state index contributed by atoms with van der Waals surface area (Å²) < 4.78 is 15.7. The van der Waals surface area contributed by atoms with Gasteiger partial charge < -0.3 is 24.5 Å². The lowest BCUT2D eigenvalue weighted by Gasteiger charge is -2.18. The Morgan fingerprint density at radius 1 is 1.10 bits per heavy atom. The van der Waals surface area contributed by atoms with Gasteiger partial charge in [0.25, 0.3) is 5.91 Å². The summed E-state index contributed by atoms with van der Waals surface area (Å²) in [5.41, 5.74) is 2.56. The molecule has 3 aromatic rings. The molecule has 0 unspecified atom stereocenters. The number of amides is 1. The van der Waals surface area contributed by atoms with Gasteiger partial charge in [0.15, 0.2) is 6.61 Å². The highest BCUT2D eigenvalue weighted by Crippen LogP contribution is 2.29. The summed E-state index contributed by atoms with van der Waals surface area (Å²) in [5, 5.41) is 3.77. The van der Waals surface area contributed by atoms with Gasteiger partial charge in [-0.2, -0.15) is 0 Å². The first-order valence-corrected chi connectivity index (χ1v) is 9.23. The Labute approximate surface area is 169 Å². The molecule has 7 heteroatoms. The standard InChI is InChI=1S/C22H24N2O5/c1-14(18-11-16(27-2)8-9-20(18)28-3)24-21(25)13-29-22(26)10-15-12-23-19-7-5-4-6-17(15)19/h4-9,11-12,14,23H,10,13H2,1-3H3,(H,24,25)/t14-/m1/s1. The summed E-state index contributed by atoms with van der Waals surface area (Å²) in [5.74, 6) is 0.438. The lowest BCUT2D eigenvalue weighted by atomic mass is 10.1. The molecule has 7 nitrogen and oxygen atoms in total. The van der Waals surface area contributed by atoms with Crippen molar-refractivity contribution in [1.29, 1.82) is 0 Å². The number of esters is 1. The van der Waals surface area contributed by atoms with Crippen molar-refractivity contribution >= 4 is 22.8 Å². The van der Waals surface area contributed by atoms with Crippen molar-refractivity contribution in [3.05, 3.63) is 59.8 Å². The van der Waals surface area contributed by atoms with Crippen molar-refractivity contribution in [3.63, 3.8) is 0 Å². The number of benzene rings is 2. The summed E-state index contributed by atoms with van der Waals surface area (Å²) in [6.45, 7) is 1.47. The monoisotopic (exact) mass is 396 g/mol. The molecule has 0 radical (unpaired) electrons. The first kappa shape index (κ1) is 20.3. The number of para-hydroxylation sites is 1. The SMILES string of the molecule is COc1ccc(OC)c([C@@H](C)NC(=O)COC(=O)Cc2c[nH]c3ccccc23)c1. The fourth-order valence-electron chi connectivity index (χ4n) is 3.17. The average molecular weight is 396 g/mol. The molecule has 0 spiro atoms. The topological polar surface area (TPSA) is 89.7 Å². The number of fused-ring (bicyclic) bond motifs is 1. The Hall–Kier alpha value is -3.48. The second-order valence-corrected chi connectivity index (χ2v) is 6.59. The van der Waals surface area contributed by atoms with Crippen LogP contribution in [0.4, 0.5) is 0 Å². The molecular weight excluding hydrogens is 372 g/mol. The molecule has 0 aliphatic carbocycles. The second kappa shape index (κ2) is 9.14. The average Bonchev–Trinajstić information content (AvgIpc) is 3.14. The van der Waals surface area contributed by atoms with Gasteiger partial charge in [0.1, 0.15) is 11.5 Å². The molecule has 0 fully saturated rings. The van der Waals surface area contributed by atoms with Crippen molar-refractivity contribution in [2.45, 2.75) is 19.4 Å². The van der Waals surface area contributed by atoms with E-state index >= 15 is 0 Å². The van der Waals surface area contributed by atoms with Crippen LogP contribution in [0.3, 0.4) is 0 Å². The number of ether oxygens (including phenoxy) is 3. The Balaban J connectivity index is 1.55. The maximum absolute atomic E-state index is 12.2. The third-order valence-electron chi connectivity index (χ3n) is 4.65. The van der Waals surface area contributed by atoms with Crippen LogP contribution in [-0.2, 0) is 20.7 Å². The number of aromatic amines is 1. The van der Waals surface area contributed by atoms with Crippen molar-refractivity contribution in [3.8, 4) is 11.5 Å². The molecule has 3 rings (SSSR count). The van der Waals surface area contributed by atoms with Crippen LogP contribution >= 0.6 is 0 Å². The lowest BCUT2D eigenvalue weighted by molar-refractivity contribution is -0.148. The molecule has 29 heavy (non-hydrogen) atoms. The molecule has 0 saturated carbocycles. The van der Waals surface area contributed by atoms with Gasteiger partial charge in [-0.1, -0.05) is 18.2 Å². The third kappa shape index (κ3) is 4.87. The highest BCUT2D eigenvalue weighted by atomic mass is 16.5. The number of nitrogens with one attached hydrogen (secondary N) is 2. The molecule has 0 saturated heterocycles. The lowest BCUT2D eigenvalue weighted by Crippen LogP contribution is -2.31. The first-order valence-electron chi connectivity index (χ1n) is 9.23. The van der Waals surface area contributed by atoms with Crippen LogP contribution in [0.25, 0.3) is 10.9 Å². The van der Waals surface area contributed by atoms with Gasteiger partial charge in [0.05, 0.1) is 26.7 Å². The van der Waals surface area contributed by atoms with Gasteiger partial charge in [-0.25, -0.2) is 0 Å². The highest BCUT2D eigenvalue weighted by molar-refractivity contribution is 5.88. The molecule has 0 aliphatic rings. The molecule has 152 valence electrons. The fraction of sp³-hybridized carbons (Fsp3) is 0.273. The molecule has 2 aromatic carbocycles. The van der Waals surface area contributed by atoms with E-state index in [-0.39, 0.29) is 19.1 Å². The van der Waals surface area contributed by atoms with Crippen LogP contribution in [0.2, 0.25) is 0 Å². The first-order chi connectivity index (χ1) is 14.0. The van der Waals surface area contributed by atoms with Gasteiger partial charge in [-0.05, 0) is 36.8 Å². The van der Waals surface area contributed by atoms with Crippen LogP contribution in [0.5, 0.6) is 11.5 Å². The van der Waals surface area contributed by atoms with E-state index in [0.29, 0.717) is 11.5 Å². The van der Waals surface area contributed by atoms with E-state index in [1.54, 1.807) is 38.6 Å². The maximum atomic E-state index is 12.2. The minimum absolute atomic E-state index is 0.0938. The van der Waals surface area contributed by atoms with Crippen LogP contribution in [-0.4, -0.2) is 37.7 Å². The molecule has 1 amide bonds. The van der Waals surface area contributed by atoms with E-state index < -0.39 is 11.9 Å². The summed E-state index contributed by atoms with van der Waals surface area (Å²) in [6, 6.07) is 12.7. The van der Waals surface area contributed by atoms with Crippen molar-refractivity contribution in [2.24, 2.45) is 0 Å². The molecule has 1 aromatic heterocycles. The Bertz CT molecular complexity index is 1010. The van der Waals surface area contributed by atoms with Crippen molar-refractivity contribution in [1.82, 2.24) is 10.3 Å². The van der Waals surface area contributed by atoms with E-state index in [9.17, 15) is 9.59 Å². The number of hydrogen-bond donors (Lipinski definition) is 2. The Kier molecular flexibility index (Phi) is 6.39. The third-order valence-corrected chi connectivity index (χ3v) is 4.65. The number of hydrogen-bond acceptors (Lipinski definition) is 5. The predicted octanol–water partition coefficient (Wildman–Crippen LogP) is 3.15. The van der Waals surface area contributed by atoms with Gasteiger partial charge in [-0.15, -0.1) is 0 Å². The Morgan fingerprint density at radius 3 is 2.66 bits per heavy atom. The molecule has 2 N–H and O–H groups in total. The molecular formula is C22H24N2O5. The maximum Gasteiger partial charge on any atom is 0.310 e. The van der Waals surface area contributed by atoms with Gasteiger partial charge in [0.2, 0.25) is 0 Å². The zero-order valence-corrected chi connectivity index (χ0v) is 16.7. The van der Waals surface area contributed by atoms with Gasteiger partial charge in [-0.3, -0.25) is 9.59 Å². The van der Waals surface area contributed by atoms with E-state index in [1.165, 1.54) is 0 Å². The van der Waals surface area contributed by atoms with Gasteiger partial charge >= 0.3 is 5.97 Å². The number of aromatic nitrogens is 1. The van der Waals surface area contributed by atoms with Crippen LogP contribution < -0.4 is 14.8 Å². The second-order valence-electron chi connectivity index (χ2n) is 6.59. The zero-order chi connectivity index (χ0) is 20.8. The smallest absolute Gasteiger partial charge is 0.310 e. The zero-order valence-electron chi connectivity index (χ0n) is 16.7. The summed E-state index contributed by atoms with van der Waals surface area (Å²) >= 11 is 0. The van der Waals surface area contributed by atoms with E-state index in [2.05, 4.69) is 10.3 Å². The minimum Gasteiger partial charge on any atom is -0.497 e. The predicted molar refractivity (Wildman–Crippen MR) is 109 cm³/mol. The summed E-state index contributed by atoms with van der Waals surface area (Å²) in [4.78, 5) is 27.5. The highest BCUT2D eigenvalue weighted by Gasteiger charge is 2.17. The normalized spacial score (nSPS) is 11.7. The summed E-state index contributed by atoms with van der Waals surface area (Å²) in [6.07, 6.45) is 1.87. The fourth-order valence-corrected chi connectivity index (χ4v) is 3.17. The number of carbonyl (C=O) groups excluding carboxylic acids is 2. The minimum atomic E-state index is -0.462. The number of H-pyrrole nitrogens is 1. The molecule has 1 heterocycles. The van der Waals surface area contributed by atoms with Crippen LogP contribution in [0.15, 0.2) is 48.7 Å². The number of rotatable bonds is 8. The van der Waals surface area contributed by atoms with E-state index in [0.717, 1.165) is 22.0 Å². The molecule has 0 bridgehead atoms.